The summed E-state index contributed by atoms with van der Waals surface area (Å²) in [4.78, 5) is 24.7. The molecule has 9 rings (SSSR count). The summed E-state index contributed by atoms with van der Waals surface area (Å²) >= 11 is 0. The summed E-state index contributed by atoms with van der Waals surface area (Å²) in [6.07, 6.45) is 0. The summed E-state index contributed by atoms with van der Waals surface area (Å²) < 4.78 is 3.78. The predicted molar refractivity (Wildman–Crippen MR) is 179 cm³/mol. The number of imidazole rings is 1. The van der Waals surface area contributed by atoms with Gasteiger partial charge in [0.25, 0.3) is 5.56 Å². The molecule has 0 aliphatic heterocycles. The predicted octanol–water partition coefficient (Wildman–Crippen LogP) is 8.80. The normalized spacial score (nSPS) is 11.7. The van der Waals surface area contributed by atoms with Crippen molar-refractivity contribution < 1.29 is 0 Å². The summed E-state index contributed by atoms with van der Waals surface area (Å²) in [5.41, 5.74) is 10.3. The van der Waals surface area contributed by atoms with Crippen LogP contribution in [0, 0.1) is 0 Å². The minimum absolute atomic E-state index is 0.105. The molecule has 3 heterocycles. The van der Waals surface area contributed by atoms with Gasteiger partial charge in [0, 0.05) is 5.39 Å². The molecule has 0 saturated heterocycles. The number of nitrogens with zero attached hydrogens (tertiary/aromatic N) is 4. The Morgan fingerprint density at radius 2 is 0.932 bits per heavy atom. The van der Waals surface area contributed by atoms with Crippen LogP contribution in [-0.4, -0.2) is 18.8 Å². The van der Waals surface area contributed by atoms with E-state index < -0.39 is 0 Å². The van der Waals surface area contributed by atoms with Crippen LogP contribution < -0.4 is 5.56 Å². The van der Waals surface area contributed by atoms with E-state index >= 15 is 0 Å². The number of aromatic nitrogens is 4. The summed E-state index contributed by atoms with van der Waals surface area (Å²) in [7, 11) is 0. The third-order valence-electron chi connectivity index (χ3n) is 8.51. The quantitative estimate of drug-likeness (QED) is 0.159. The molecule has 6 aromatic carbocycles. The van der Waals surface area contributed by atoms with E-state index in [0.29, 0.717) is 16.7 Å². The first-order chi connectivity index (χ1) is 21.7. The molecule has 0 radical (unpaired) electrons. The lowest BCUT2D eigenvalue weighted by Crippen LogP contribution is -2.18. The van der Waals surface area contributed by atoms with E-state index in [0.717, 1.165) is 61.0 Å². The molecule has 0 bridgehead atoms. The third-order valence-corrected chi connectivity index (χ3v) is 8.51. The molecule has 0 atom stereocenters. The molecular weight excluding hydrogens is 540 g/mol. The van der Waals surface area contributed by atoms with Crippen molar-refractivity contribution in [3.63, 3.8) is 0 Å². The molecule has 3 aromatic heterocycles. The maximum atomic E-state index is 14.3. The first kappa shape index (κ1) is 24.5. The lowest BCUT2D eigenvalue weighted by molar-refractivity contribution is 1.05. The van der Waals surface area contributed by atoms with Gasteiger partial charge >= 0.3 is 0 Å². The lowest BCUT2D eigenvalue weighted by Gasteiger charge is -2.13. The zero-order valence-electron chi connectivity index (χ0n) is 23.6. The number of fused-ring (bicyclic) bond motifs is 9. The number of hydrogen-bond acceptors (Lipinski definition) is 3. The highest BCUT2D eigenvalue weighted by molar-refractivity contribution is 6.02. The lowest BCUT2D eigenvalue weighted by atomic mass is 10.0. The van der Waals surface area contributed by atoms with Gasteiger partial charge in [-0.05, 0) is 69.8 Å². The molecule has 44 heavy (non-hydrogen) atoms. The van der Waals surface area contributed by atoms with Crippen molar-refractivity contribution in [2.75, 3.05) is 0 Å². The van der Waals surface area contributed by atoms with Crippen LogP contribution in [0.1, 0.15) is 0 Å². The van der Waals surface area contributed by atoms with E-state index in [-0.39, 0.29) is 5.56 Å². The van der Waals surface area contributed by atoms with Gasteiger partial charge < -0.3 is 0 Å². The summed E-state index contributed by atoms with van der Waals surface area (Å²) in [6.45, 7) is 0. The molecule has 206 valence electrons. The van der Waals surface area contributed by atoms with Gasteiger partial charge in [-0.15, -0.1) is 0 Å². The van der Waals surface area contributed by atoms with Gasteiger partial charge in [0.05, 0.1) is 27.5 Å². The van der Waals surface area contributed by atoms with E-state index in [1.807, 2.05) is 83.3 Å². The summed E-state index contributed by atoms with van der Waals surface area (Å²) in [6, 6.07) is 49.2. The van der Waals surface area contributed by atoms with E-state index in [1.165, 1.54) is 0 Å². The Morgan fingerprint density at radius 1 is 0.409 bits per heavy atom. The average molecular weight is 565 g/mol. The highest BCUT2D eigenvalue weighted by Gasteiger charge is 2.19. The molecule has 5 heteroatoms. The second kappa shape index (κ2) is 9.48. The minimum Gasteiger partial charge on any atom is -0.268 e. The van der Waals surface area contributed by atoms with Crippen LogP contribution >= 0.6 is 0 Å². The Labute approximate surface area is 251 Å². The Kier molecular flexibility index (Phi) is 5.28. The van der Waals surface area contributed by atoms with E-state index in [4.69, 9.17) is 9.97 Å². The molecule has 0 aliphatic rings. The first-order valence-corrected chi connectivity index (χ1v) is 14.6. The second-order valence-corrected chi connectivity index (χ2v) is 11.1. The maximum absolute atomic E-state index is 14.3. The maximum Gasteiger partial charge on any atom is 0.267 e. The summed E-state index contributed by atoms with van der Waals surface area (Å²) in [5, 5.41) is 1.46. The third kappa shape index (κ3) is 3.69. The van der Waals surface area contributed by atoms with E-state index in [9.17, 15) is 4.79 Å². The van der Waals surface area contributed by atoms with Gasteiger partial charge in [-0.25, -0.2) is 14.4 Å². The molecule has 0 amide bonds. The van der Waals surface area contributed by atoms with Gasteiger partial charge in [-0.3, -0.25) is 9.20 Å². The highest BCUT2D eigenvalue weighted by Crippen LogP contribution is 2.33. The van der Waals surface area contributed by atoms with Crippen LogP contribution in [-0.2, 0) is 0 Å². The second-order valence-electron chi connectivity index (χ2n) is 11.1. The molecule has 0 saturated carbocycles. The van der Waals surface area contributed by atoms with Crippen molar-refractivity contribution in [1.82, 2.24) is 18.8 Å². The van der Waals surface area contributed by atoms with Crippen LogP contribution in [0.2, 0.25) is 0 Å². The summed E-state index contributed by atoms with van der Waals surface area (Å²) in [5.74, 6) is 0.539. The zero-order valence-corrected chi connectivity index (χ0v) is 23.6. The molecule has 0 aliphatic carbocycles. The van der Waals surface area contributed by atoms with Crippen molar-refractivity contribution in [3.8, 4) is 33.4 Å². The van der Waals surface area contributed by atoms with Gasteiger partial charge in [0.15, 0.2) is 0 Å². The standard InChI is InChI=1S/C39H24N4O/c44-38-31-19-16-29(26-12-6-2-7-13-26)23-33(31)41-39-42-36-21-18-30(27-14-8-3-9-15-27)24-34(36)40-37(42)32-22-28(17-20-35(32)43(38)39)25-10-4-1-5-11-25/h1-24H. The fraction of sp³-hybridized carbons (Fsp3) is 0. The van der Waals surface area contributed by atoms with E-state index in [1.54, 1.807) is 4.40 Å². The SMILES string of the molecule is O=c1c2ccc(-c3ccccc3)cc2nc2n1c1ccc(-c3ccccc3)cc1c1nc3cc(-c4ccccc4)ccc3n12. The van der Waals surface area contributed by atoms with Crippen molar-refractivity contribution >= 4 is 44.3 Å². The zero-order chi connectivity index (χ0) is 29.2. The highest BCUT2D eigenvalue weighted by atomic mass is 16.1. The number of benzene rings is 6. The van der Waals surface area contributed by atoms with Crippen molar-refractivity contribution in [2.24, 2.45) is 0 Å². The fourth-order valence-corrected chi connectivity index (χ4v) is 6.35. The van der Waals surface area contributed by atoms with Gasteiger partial charge in [0.2, 0.25) is 5.78 Å². The van der Waals surface area contributed by atoms with Crippen molar-refractivity contribution in [3.05, 3.63) is 156 Å². The Morgan fingerprint density at radius 3 is 1.55 bits per heavy atom. The topological polar surface area (TPSA) is 51.7 Å². The molecular formula is C39H24N4O. The van der Waals surface area contributed by atoms with Crippen molar-refractivity contribution in [1.29, 1.82) is 0 Å². The Bertz CT molecular complexity index is 2610. The van der Waals surface area contributed by atoms with Crippen LogP contribution in [0.25, 0.3) is 77.6 Å². The van der Waals surface area contributed by atoms with E-state index in [2.05, 4.69) is 66.7 Å². The average Bonchev–Trinajstić information content (AvgIpc) is 3.48. The Balaban J connectivity index is 1.42. The minimum atomic E-state index is -0.105. The molecule has 0 unspecified atom stereocenters. The molecule has 5 nitrogen and oxygen atoms in total. The molecule has 0 N–H and O–H groups in total. The molecule has 0 fully saturated rings. The Hall–Kier alpha value is -6.07. The van der Waals surface area contributed by atoms with Gasteiger partial charge in [-0.2, -0.15) is 0 Å². The number of rotatable bonds is 3. The van der Waals surface area contributed by atoms with Crippen molar-refractivity contribution in [2.45, 2.75) is 0 Å². The van der Waals surface area contributed by atoms with Gasteiger partial charge in [-0.1, -0.05) is 109 Å². The fourth-order valence-electron chi connectivity index (χ4n) is 6.35. The molecule has 0 spiro atoms. The largest absolute Gasteiger partial charge is 0.268 e. The monoisotopic (exact) mass is 564 g/mol. The molecule has 9 aromatic rings. The van der Waals surface area contributed by atoms with Crippen LogP contribution in [0.4, 0.5) is 0 Å². The number of hydrogen-bond donors (Lipinski definition) is 0. The smallest absolute Gasteiger partial charge is 0.267 e. The van der Waals surface area contributed by atoms with Crippen LogP contribution in [0.3, 0.4) is 0 Å². The van der Waals surface area contributed by atoms with Crippen LogP contribution in [0.15, 0.2) is 150 Å². The van der Waals surface area contributed by atoms with Gasteiger partial charge in [0.1, 0.15) is 5.65 Å². The first-order valence-electron chi connectivity index (χ1n) is 14.6. The van der Waals surface area contributed by atoms with Crippen LogP contribution in [0.5, 0.6) is 0 Å².